The highest BCUT2D eigenvalue weighted by molar-refractivity contribution is 5.23. The first kappa shape index (κ1) is 15.2. The Morgan fingerprint density at radius 3 is 2.59 bits per heavy atom. The number of hydrogen-bond acceptors (Lipinski definition) is 1. The van der Waals surface area contributed by atoms with Crippen LogP contribution in [0.3, 0.4) is 0 Å². The lowest BCUT2D eigenvalue weighted by Crippen LogP contribution is -2.53. The Morgan fingerprint density at radius 1 is 1.00 bits per heavy atom. The van der Waals surface area contributed by atoms with Gasteiger partial charge in [-0.05, 0) is 99.2 Å². The van der Waals surface area contributed by atoms with Crippen LogP contribution in [0.2, 0.25) is 0 Å². The molecular weight excluding hydrogens is 268 g/mol. The topological polar surface area (TPSA) is 20.2 Å². The molecule has 4 aliphatic carbocycles. The van der Waals surface area contributed by atoms with Crippen molar-refractivity contribution in [3.8, 4) is 0 Å². The summed E-state index contributed by atoms with van der Waals surface area (Å²) in [4.78, 5) is 0. The van der Waals surface area contributed by atoms with E-state index >= 15 is 0 Å². The molecule has 0 aromatic carbocycles. The van der Waals surface area contributed by atoms with Gasteiger partial charge in [0.05, 0.1) is 6.10 Å². The zero-order valence-electron chi connectivity index (χ0n) is 14.8. The van der Waals surface area contributed by atoms with E-state index in [1.807, 2.05) is 0 Å². The van der Waals surface area contributed by atoms with Gasteiger partial charge < -0.3 is 5.11 Å². The first-order valence-electron chi connectivity index (χ1n) is 9.83. The largest absolute Gasteiger partial charge is 0.393 e. The molecule has 4 aliphatic rings. The van der Waals surface area contributed by atoms with Crippen LogP contribution in [0.4, 0.5) is 0 Å². The fourth-order valence-electron chi connectivity index (χ4n) is 7.56. The predicted molar refractivity (Wildman–Crippen MR) is 91.5 cm³/mol. The summed E-state index contributed by atoms with van der Waals surface area (Å²) in [6, 6.07) is 0. The van der Waals surface area contributed by atoms with E-state index in [9.17, 15) is 5.11 Å². The van der Waals surface area contributed by atoms with E-state index in [2.05, 4.69) is 26.8 Å². The molecule has 0 unspecified atom stereocenters. The van der Waals surface area contributed by atoms with Gasteiger partial charge in [-0.25, -0.2) is 0 Å². The molecule has 1 heteroatoms. The van der Waals surface area contributed by atoms with Gasteiger partial charge >= 0.3 is 0 Å². The second-order valence-corrected chi connectivity index (χ2v) is 9.39. The summed E-state index contributed by atoms with van der Waals surface area (Å²) < 4.78 is 0. The van der Waals surface area contributed by atoms with Crippen LogP contribution in [-0.4, -0.2) is 11.2 Å². The number of fused-ring (bicyclic) bond motifs is 5. The van der Waals surface area contributed by atoms with E-state index < -0.39 is 0 Å². The highest BCUT2D eigenvalue weighted by Crippen LogP contribution is 2.67. The second-order valence-electron chi connectivity index (χ2n) is 9.39. The van der Waals surface area contributed by atoms with Crippen LogP contribution in [0.1, 0.15) is 78.6 Å². The number of aliphatic hydroxyl groups excluding tert-OH is 1. The fraction of sp³-hybridized carbons (Fsp3) is 0.905. The van der Waals surface area contributed by atoms with Crippen molar-refractivity contribution in [2.45, 2.75) is 84.7 Å². The summed E-state index contributed by atoms with van der Waals surface area (Å²) in [6.07, 6.45) is 14.3. The monoisotopic (exact) mass is 302 g/mol. The molecule has 22 heavy (non-hydrogen) atoms. The molecule has 0 spiro atoms. The summed E-state index contributed by atoms with van der Waals surface area (Å²) in [6.45, 7) is 7.43. The average Bonchev–Trinajstić information content (AvgIpc) is 2.84. The fourth-order valence-corrected chi connectivity index (χ4v) is 7.56. The van der Waals surface area contributed by atoms with E-state index in [0.29, 0.717) is 10.8 Å². The maximum Gasteiger partial charge on any atom is 0.0543 e. The molecule has 4 fully saturated rings. The molecule has 1 N–H and O–H groups in total. The maximum atomic E-state index is 10.1. The number of hydrogen-bond donors (Lipinski definition) is 1. The minimum absolute atomic E-state index is 0.00964. The quantitative estimate of drug-likeness (QED) is 0.599. The third kappa shape index (κ3) is 1.93. The minimum Gasteiger partial charge on any atom is -0.393 e. The van der Waals surface area contributed by atoms with Crippen molar-refractivity contribution in [2.75, 3.05) is 0 Å². The summed E-state index contributed by atoms with van der Waals surface area (Å²) in [7, 11) is 0. The normalized spacial score (nSPS) is 56.4. The first-order valence-corrected chi connectivity index (χ1v) is 9.83. The molecule has 7 atom stereocenters. The minimum atomic E-state index is -0.00964. The molecule has 0 radical (unpaired) electrons. The van der Waals surface area contributed by atoms with Gasteiger partial charge in [-0.15, -0.1) is 0 Å². The molecule has 0 heterocycles. The van der Waals surface area contributed by atoms with Crippen LogP contribution in [0.5, 0.6) is 0 Å². The molecule has 4 saturated carbocycles. The van der Waals surface area contributed by atoms with Gasteiger partial charge in [0.1, 0.15) is 0 Å². The molecule has 4 rings (SSSR count). The van der Waals surface area contributed by atoms with Crippen LogP contribution in [-0.2, 0) is 0 Å². The van der Waals surface area contributed by atoms with Gasteiger partial charge in [-0.2, -0.15) is 0 Å². The molecule has 1 nitrogen and oxygen atoms in total. The SMILES string of the molecule is C/C=C1\CC[C@H]2[C@@H]3CC[C@H]4C[C@H](O)CC[C@]4(C)[C@H]3CC[C@]12C. The van der Waals surface area contributed by atoms with E-state index in [4.69, 9.17) is 0 Å². The van der Waals surface area contributed by atoms with E-state index in [1.54, 1.807) is 5.57 Å². The van der Waals surface area contributed by atoms with Crippen LogP contribution in [0.25, 0.3) is 0 Å². The van der Waals surface area contributed by atoms with Crippen molar-refractivity contribution in [2.24, 2.45) is 34.5 Å². The Labute approximate surface area is 136 Å². The van der Waals surface area contributed by atoms with Crippen molar-refractivity contribution in [1.82, 2.24) is 0 Å². The molecule has 124 valence electrons. The van der Waals surface area contributed by atoms with Crippen LogP contribution in [0.15, 0.2) is 11.6 Å². The second kappa shape index (κ2) is 5.10. The molecule has 0 amide bonds. The van der Waals surface area contributed by atoms with Crippen molar-refractivity contribution in [3.05, 3.63) is 11.6 Å². The smallest absolute Gasteiger partial charge is 0.0543 e. The summed E-state index contributed by atoms with van der Waals surface area (Å²) in [5.41, 5.74) is 2.82. The van der Waals surface area contributed by atoms with E-state index in [0.717, 1.165) is 36.5 Å². The maximum absolute atomic E-state index is 10.1. The molecule has 0 bridgehead atoms. The van der Waals surface area contributed by atoms with Gasteiger partial charge in [-0.1, -0.05) is 25.5 Å². The van der Waals surface area contributed by atoms with Crippen LogP contribution < -0.4 is 0 Å². The highest BCUT2D eigenvalue weighted by atomic mass is 16.3. The van der Waals surface area contributed by atoms with E-state index in [1.165, 1.54) is 44.9 Å². The number of allylic oxidation sites excluding steroid dienone is 2. The Hall–Kier alpha value is -0.300. The van der Waals surface area contributed by atoms with Gasteiger partial charge in [0, 0.05) is 0 Å². The van der Waals surface area contributed by atoms with Crippen molar-refractivity contribution in [3.63, 3.8) is 0 Å². The predicted octanol–water partition coefficient (Wildman–Crippen LogP) is 5.34. The summed E-state index contributed by atoms with van der Waals surface area (Å²) in [5.74, 6) is 3.65. The van der Waals surface area contributed by atoms with E-state index in [-0.39, 0.29) is 6.10 Å². The zero-order valence-corrected chi connectivity index (χ0v) is 14.8. The Kier molecular flexibility index (Phi) is 3.53. The lowest BCUT2D eigenvalue weighted by molar-refractivity contribution is -0.116. The Balaban J connectivity index is 1.63. The van der Waals surface area contributed by atoms with Gasteiger partial charge in [0.2, 0.25) is 0 Å². The lowest BCUT2D eigenvalue weighted by atomic mass is 9.45. The lowest BCUT2D eigenvalue weighted by Gasteiger charge is -2.60. The van der Waals surface area contributed by atoms with Crippen molar-refractivity contribution >= 4 is 0 Å². The molecule has 0 aromatic rings. The van der Waals surface area contributed by atoms with Crippen molar-refractivity contribution in [1.29, 1.82) is 0 Å². The van der Waals surface area contributed by atoms with Crippen LogP contribution >= 0.6 is 0 Å². The highest BCUT2D eigenvalue weighted by Gasteiger charge is 2.58. The van der Waals surface area contributed by atoms with Crippen molar-refractivity contribution < 1.29 is 5.11 Å². The zero-order chi connectivity index (χ0) is 15.5. The standard InChI is InChI=1S/C21H34O/c1-4-14-6-8-18-17-7-5-15-13-16(22)9-11-21(15,3)19(17)10-12-20(14,18)2/h4,15-19,22H,5-13H2,1-3H3/b14-4+/t15-,16+,17-,18-,19-,20+,21-/m0/s1. The van der Waals surface area contributed by atoms with Gasteiger partial charge in [-0.3, -0.25) is 0 Å². The molecule has 0 aliphatic heterocycles. The molecule has 0 saturated heterocycles. The van der Waals surface area contributed by atoms with Gasteiger partial charge in [0.15, 0.2) is 0 Å². The first-order chi connectivity index (χ1) is 10.5. The number of aliphatic hydroxyl groups is 1. The van der Waals surface area contributed by atoms with Crippen LogP contribution in [0, 0.1) is 34.5 Å². The molecular formula is C21H34O. The molecule has 0 aromatic heterocycles. The Bertz CT molecular complexity index is 480. The summed E-state index contributed by atoms with van der Waals surface area (Å²) in [5, 5.41) is 10.1. The average molecular weight is 303 g/mol. The third-order valence-electron chi connectivity index (χ3n) is 8.83. The summed E-state index contributed by atoms with van der Waals surface area (Å²) >= 11 is 0. The number of rotatable bonds is 0. The third-order valence-corrected chi connectivity index (χ3v) is 8.83. The van der Waals surface area contributed by atoms with Gasteiger partial charge in [0.25, 0.3) is 0 Å². The Morgan fingerprint density at radius 2 is 1.82 bits per heavy atom.